The highest BCUT2D eigenvalue weighted by Gasteiger charge is 2.14. The molecule has 0 atom stereocenters. The second-order valence-corrected chi connectivity index (χ2v) is 6.60. The molecular formula is C16H20BrN3. The molecule has 1 N–H and O–H groups in total. The summed E-state index contributed by atoms with van der Waals surface area (Å²) in [6, 6.07) is 8.46. The number of nitrogens with one attached hydrogen (secondary N) is 1. The Morgan fingerprint density at radius 3 is 2.35 bits per heavy atom. The summed E-state index contributed by atoms with van der Waals surface area (Å²) < 4.78 is 0.884. The molecule has 1 aromatic carbocycles. The maximum atomic E-state index is 4.56. The Labute approximate surface area is 129 Å². The fourth-order valence-electron chi connectivity index (χ4n) is 1.92. The van der Waals surface area contributed by atoms with Crippen molar-refractivity contribution in [2.45, 2.75) is 33.1 Å². The van der Waals surface area contributed by atoms with Gasteiger partial charge in [-0.3, -0.25) is 0 Å². The van der Waals surface area contributed by atoms with Gasteiger partial charge in [-0.1, -0.05) is 45.0 Å². The van der Waals surface area contributed by atoms with Crippen molar-refractivity contribution in [3.63, 3.8) is 0 Å². The highest BCUT2D eigenvalue weighted by Crippen LogP contribution is 2.26. The molecule has 0 aliphatic carbocycles. The summed E-state index contributed by atoms with van der Waals surface area (Å²) >= 11 is 3.45. The van der Waals surface area contributed by atoms with Gasteiger partial charge in [-0.15, -0.1) is 0 Å². The average molecular weight is 334 g/mol. The first kappa shape index (κ1) is 15.0. The summed E-state index contributed by atoms with van der Waals surface area (Å²) in [5, 5.41) is 3.22. The van der Waals surface area contributed by atoms with Crippen LogP contribution in [0, 0.1) is 0 Å². The van der Waals surface area contributed by atoms with Crippen LogP contribution in [-0.2, 0) is 5.41 Å². The third-order valence-corrected chi connectivity index (χ3v) is 3.68. The average Bonchev–Trinajstić information content (AvgIpc) is 2.41. The lowest BCUT2D eigenvalue weighted by atomic mass is 9.87. The molecule has 0 saturated carbocycles. The van der Waals surface area contributed by atoms with Crippen LogP contribution < -0.4 is 5.32 Å². The molecule has 106 valence electrons. The molecule has 4 heteroatoms. The summed E-state index contributed by atoms with van der Waals surface area (Å²) in [5.74, 6) is 1.57. The highest BCUT2D eigenvalue weighted by atomic mass is 79.9. The maximum absolute atomic E-state index is 4.56. The Balaban J connectivity index is 2.34. The zero-order valence-corrected chi connectivity index (χ0v) is 14.0. The normalized spacial score (nSPS) is 11.4. The minimum absolute atomic E-state index is 0.161. The molecule has 3 nitrogen and oxygen atoms in total. The predicted octanol–water partition coefficient (Wildman–Crippen LogP) is 4.64. The lowest BCUT2D eigenvalue weighted by Crippen LogP contribution is -2.10. The van der Waals surface area contributed by atoms with Gasteiger partial charge in [0.1, 0.15) is 5.82 Å². The van der Waals surface area contributed by atoms with E-state index in [1.165, 1.54) is 5.56 Å². The van der Waals surface area contributed by atoms with E-state index in [0.717, 1.165) is 28.2 Å². The van der Waals surface area contributed by atoms with E-state index in [0.29, 0.717) is 0 Å². The van der Waals surface area contributed by atoms with Gasteiger partial charge in [0.2, 0.25) is 0 Å². The van der Waals surface area contributed by atoms with Crippen LogP contribution in [0.3, 0.4) is 0 Å². The summed E-state index contributed by atoms with van der Waals surface area (Å²) in [4.78, 5) is 8.94. The molecule has 20 heavy (non-hydrogen) atoms. The Morgan fingerprint density at radius 1 is 1.15 bits per heavy atom. The minimum atomic E-state index is 0.161. The lowest BCUT2D eigenvalue weighted by molar-refractivity contribution is 0.590. The number of hydrogen-bond acceptors (Lipinski definition) is 3. The van der Waals surface area contributed by atoms with Crippen molar-refractivity contribution in [2.75, 3.05) is 11.9 Å². The van der Waals surface area contributed by atoms with E-state index in [1.807, 2.05) is 6.92 Å². The van der Waals surface area contributed by atoms with Crippen LogP contribution in [0.15, 0.2) is 34.9 Å². The van der Waals surface area contributed by atoms with Gasteiger partial charge in [0.05, 0.1) is 4.47 Å². The summed E-state index contributed by atoms with van der Waals surface area (Å²) in [6.07, 6.45) is 1.79. The molecule has 0 fully saturated rings. The number of nitrogens with zero attached hydrogens (tertiary/aromatic N) is 2. The summed E-state index contributed by atoms with van der Waals surface area (Å²) in [6.45, 7) is 9.51. The van der Waals surface area contributed by atoms with E-state index in [1.54, 1.807) is 6.20 Å². The van der Waals surface area contributed by atoms with Crippen LogP contribution in [-0.4, -0.2) is 16.5 Å². The van der Waals surface area contributed by atoms with Crippen molar-refractivity contribution in [3.05, 3.63) is 40.5 Å². The maximum Gasteiger partial charge on any atom is 0.161 e. The second-order valence-electron chi connectivity index (χ2n) is 5.75. The smallest absolute Gasteiger partial charge is 0.161 e. The molecule has 0 unspecified atom stereocenters. The molecule has 0 saturated heterocycles. The Morgan fingerprint density at radius 2 is 1.80 bits per heavy atom. The first-order chi connectivity index (χ1) is 9.41. The minimum Gasteiger partial charge on any atom is -0.369 e. The topological polar surface area (TPSA) is 37.8 Å². The van der Waals surface area contributed by atoms with Gasteiger partial charge < -0.3 is 5.32 Å². The number of hydrogen-bond donors (Lipinski definition) is 1. The molecule has 2 aromatic rings. The van der Waals surface area contributed by atoms with Gasteiger partial charge in [-0.25, -0.2) is 9.97 Å². The summed E-state index contributed by atoms with van der Waals surface area (Å²) in [7, 11) is 0. The third kappa shape index (κ3) is 3.37. The largest absolute Gasteiger partial charge is 0.369 e. The fraction of sp³-hybridized carbons (Fsp3) is 0.375. The Bertz CT molecular complexity index is 586. The molecule has 0 aliphatic rings. The molecule has 1 aromatic heterocycles. The van der Waals surface area contributed by atoms with Crippen molar-refractivity contribution in [1.29, 1.82) is 0 Å². The van der Waals surface area contributed by atoms with Crippen molar-refractivity contribution in [2.24, 2.45) is 0 Å². The monoisotopic (exact) mass is 333 g/mol. The van der Waals surface area contributed by atoms with Gasteiger partial charge in [0.25, 0.3) is 0 Å². The van der Waals surface area contributed by atoms with E-state index < -0.39 is 0 Å². The van der Waals surface area contributed by atoms with Crippen molar-refractivity contribution in [1.82, 2.24) is 9.97 Å². The second kappa shape index (κ2) is 5.92. The number of rotatable bonds is 3. The Kier molecular flexibility index (Phi) is 4.43. The van der Waals surface area contributed by atoms with Gasteiger partial charge in [0.15, 0.2) is 5.82 Å². The number of anilines is 1. The molecule has 2 rings (SSSR count). The van der Waals surface area contributed by atoms with Crippen LogP contribution in [0.2, 0.25) is 0 Å². The van der Waals surface area contributed by atoms with Crippen LogP contribution in [0.1, 0.15) is 33.3 Å². The predicted molar refractivity (Wildman–Crippen MR) is 88.0 cm³/mol. The summed E-state index contributed by atoms with van der Waals surface area (Å²) in [5.41, 5.74) is 2.50. The van der Waals surface area contributed by atoms with Gasteiger partial charge in [-0.2, -0.15) is 0 Å². The lowest BCUT2D eigenvalue weighted by Gasteiger charge is -2.19. The van der Waals surface area contributed by atoms with Crippen LogP contribution in [0.4, 0.5) is 5.82 Å². The fourth-order valence-corrected chi connectivity index (χ4v) is 2.25. The van der Waals surface area contributed by atoms with E-state index in [-0.39, 0.29) is 5.41 Å². The van der Waals surface area contributed by atoms with Crippen molar-refractivity contribution in [3.8, 4) is 11.4 Å². The first-order valence-corrected chi connectivity index (χ1v) is 7.58. The molecule has 0 radical (unpaired) electrons. The standard InChI is InChI=1S/C16H20BrN3/c1-5-18-15-13(17)10-19-14(20-15)11-6-8-12(9-7-11)16(2,3)4/h6-10H,5H2,1-4H3,(H,18,19,20). The molecule has 0 amide bonds. The zero-order chi connectivity index (χ0) is 14.8. The van der Waals surface area contributed by atoms with E-state index in [2.05, 4.69) is 76.3 Å². The Hall–Kier alpha value is -1.42. The SMILES string of the molecule is CCNc1nc(-c2ccc(C(C)(C)C)cc2)ncc1Br. The van der Waals surface area contributed by atoms with Gasteiger partial charge >= 0.3 is 0 Å². The van der Waals surface area contributed by atoms with E-state index >= 15 is 0 Å². The number of halogens is 1. The van der Waals surface area contributed by atoms with E-state index in [4.69, 9.17) is 0 Å². The zero-order valence-electron chi connectivity index (χ0n) is 12.4. The van der Waals surface area contributed by atoms with Crippen LogP contribution in [0.25, 0.3) is 11.4 Å². The highest BCUT2D eigenvalue weighted by molar-refractivity contribution is 9.10. The van der Waals surface area contributed by atoms with Crippen molar-refractivity contribution < 1.29 is 0 Å². The van der Waals surface area contributed by atoms with Gasteiger partial charge in [0, 0.05) is 18.3 Å². The van der Waals surface area contributed by atoms with Gasteiger partial charge in [-0.05, 0) is 33.8 Å². The third-order valence-electron chi connectivity index (χ3n) is 3.10. The quantitative estimate of drug-likeness (QED) is 0.889. The van der Waals surface area contributed by atoms with E-state index in [9.17, 15) is 0 Å². The van der Waals surface area contributed by atoms with Crippen LogP contribution >= 0.6 is 15.9 Å². The number of aromatic nitrogens is 2. The first-order valence-electron chi connectivity index (χ1n) is 6.79. The molecule has 0 spiro atoms. The molecule has 0 aliphatic heterocycles. The van der Waals surface area contributed by atoms with Crippen LogP contribution in [0.5, 0.6) is 0 Å². The molecule has 0 bridgehead atoms. The number of benzene rings is 1. The van der Waals surface area contributed by atoms with Crippen molar-refractivity contribution >= 4 is 21.7 Å². The molecule has 1 heterocycles. The molecular weight excluding hydrogens is 314 g/mol.